The van der Waals surface area contributed by atoms with Gasteiger partial charge in [0, 0.05) is 50.7 Å². The second-order valence-electron chi connectivity index (χ2n) is 13.8. The number of benzene rings is 8. The molecule has 1 atom stereocenters. The molecule has 1 aromatic heterocycles. The van der Waals surface area contributed by atoms with E-state index in [1.165, 1.54) is 49.3 Å². The first-order valence-corrected chi connectivity index (χ1v) is 18.3. The lowest BCUT2D eigenvalue weighted by molar-refractivity contribution is 0.654. The summed E-state index contributed by atoms with van der Waals surface area (Å²) in [6, 6.07) is 63.0. The van der Waals surface area contributed by atoms with Gasteiger partial charge in [0.1, 0.15) is 11.2 Å². The average Bonchev–Trinajstić information content (AvgIpc) is 3.61. The number of furan rings is 1. The zero-order valence-corrected chi connectivity index (χ0v) is 29.1. The molecule has 53 heavy (non-hydrogen) atoms. The smallest absolute Gasteiger partial charge is 0.139 e. The molecule has 252 valence electrons. The van der Waals surface area contributed by atoms with Gasteiger partial charge in [0.25, 0.3) is 0 Å². The highest BCUT2D eigenvalue weighted by Crippen LogP contribution is 2.41. The molecule has 1 N–H and O–H groups in total. The molecule has 0 bridgehead atoms. The first kappa shape index (κ1) is 30.9. The topological polar surface area (TPSA) is 28.4 Å². The van der Waals surface area contributed by atoms with E-state index in [0.717, 1.165) is 45.7 Å². The molecule has 3 nitrogen and oxygen atoms in total. The number of anilines is 4. The summed E-state index contributed by atoms with van der Waals surface area (Å²) in [6.07, 6.45) is 7.50. The number of hydrogen-bond donors (Lipinski definition) is 1. The maximum Gasteiger partial charge on any atom is 0.139 e. The van der Waals surface area contributed by atoms with Crippen molar-refractivity contribution in [2.75, 3.05) is 10.2 Å². The van der Waals surface area contributed by atoms with Gasteiger partial charge in [-0.25, -0.2) is 0 Å². The minimum atomic E-state index is 0.161. The van der Waals surface area contributed by atoms with Crippen molar-refractivity contribution in [1.29, 1.82) is 0 Å². The van der Waals surface area contributed by atoms with E-state index in [1.807, 2.05) is 6.07 Å². The van der Waals surface area contributed by atoms with Gasteiger partial charge >= 0.3 is 0 Å². The van der Waals surface area contributed by atoms with E-state index in [-0.39, 0.29) is 5.92 Å². The maximum atomic E-state index is 6.44. The van der Waals surface area contributed by atoms with E-state index in [1.54, 1.807) is 0 Å². The first-order valence-electron chi connectivity index (χ1n) is 18.3. The molecule has 1 heterocycles. The van der Waals surface area contributed by atoms with Crippen molar-refractivity contribution in [3.05, 3.63) is 205 Å². The van der Waals surface area contributed by atoms with Crippen LogP contribution in [0.5, 0.6) is 0 Å². The van der Waals surface area contributed by atoms with Gasteiger partial charge in [-0.3, -0.25) is 0 Å². The van der Waals surface area contributed by atoms with Gasteiger partial charge in [0.2, 0.25) is 0 Å². The minimum absolute atomic E-state index is 0.161. The zero-order chi connectivity index (χ0) is 35.1. The number of fused-ring (bicyclic) bond motifs is 5. The Hall–Kier alpha value is -6.84. The van der Waals surface area contributed by atoms with E-state index < -0.39 is 0 Å². The van der Waals surface area contributed by atoms with Crippen molar-refractivity contribution >= 4 is 66.2 Å². The predicted octanol–water partition coefficient (Wildman–Crippen LogP) is 14.1. The van der Waals surface area contributed by atoms with Crippen LogP contribution in [0.3, 0.4) is 0 Å². The molecule has 1 aliphatic carbocycles. The van der Waals surface area contributed by atoms with Gasteiger partial charge in [-0.05, 0) is 106 Å². The Balaban J connectivity index is 0.954. The van der Waals surface area contributed by atoms with Crippen LogP contribution < -0.4 is 10.2 Å². The quantitative estimate of drug-likeness (QED) is 0.182. The number of hydrogen-bond acceptors (Lipinski definition) is 3. The number of nitrogens with zero attached hydrogens (tertiary/aromatic N) is 1. The molecule has 1 unspecified atom stereocenters. The Kier molecular flexibility index (Phi) is 7.62. The molecule has 0 amide bonds. The Morgan fingerprint density at radius 1 is 0.509 bits per heavy atom. The van der Waals surface area contributed by atoms with Gasteiger partial charge in [-0.1, -0.05) is 127 Å². The fraction of sp³-hybridized carbons (Fsp3) is 0.0400. The van der Waals surface area contributed by atoms with Crippen LogP contribution in [0.15, 0.2) is 204 Å². The number of allylic oxidation sites excluding steroid dienone is 4. The van der Waals surface area contributed by atoms with Crippen LogP contribution in [0.25, 0.3) is 54.6 Å². The van der Waals surface area contributed by atoms with Crippen LogP contribution in [0.4, 0.5) is 22.7 Å². The minimum Gasteiger partial charge on any atom is -0.456 e. The Bertz CT molecular complexity index is 2850. The van der Waals surface area contributed by atoms with E-state index in [2.05, 4.69) is 198 Å². The van der Waals surface area contributed by atoms with Crippen molar-refractivity contribution in [2.45, 2.75) is 12.3 Å². The summed E-state index contributed by atoms with van der Waals surface area (Å²) in [4.78, 5) is 2.33. The Morgan fingerprint density at radius 2 is 1.19 bits per heavy atom. The normalized spacial score (nSPS) is 14.2. The molecular formula is C50H36N2O. The highest BCUT2D eigenvalue weighted by Gasteiger charge is 2.23. The SMILES string of the molecule is C1=CCC(c2cccc3c2oc2ccccc23)C(Nc2ccc3cc(N(c4ccccc4)c4ccc(-c5ccc6ccccc6c5)cc4)ccc3c2)=C1. The maximum absolute atomic E-state index is 6.44. The van der Waals surface area contributed by atoms with E-state index >= 15 is 0 Å². The van der Waals surface area contributed by atoms with Crippen LogP contribution in [0.1, 0.15) is 17.9 Å². The molecule has 8 aromatic carbocycles. The van der Waals surface area contributed by atoms with Gasteiger partial charge in [0.15, 0.2) is 0 Å². The summed E-state index contributed by atoms with van der Waals surface area (Å²) in [5.74, 6) is 0.161. The van der Waals surface area contributed by atoms with Crippen LogP contribution in [-0.4, -0.2) is 0 Å². The highest BCUT2D eigenvalue weighted by molar-refractivity contribution is 6.06. The van der Waals surface area contributed by atoms with Crippen molar-refractivity contribution in [3.8, 4) is 11.1 Å². The molecule has 3 heteroatoms. The third-order valence-electron chi connectivity index (χ3n) is 10.6. The molecular weight excluding hydrogens is 645 g/mol. The summed E-state index contributed by atoms with van der Waals surface area (Å²) in [7, 11) is 0. The van der Waals surface area contributed by atoms with Crippen LogP contribution >= 0.6 is 0 Å². The molecule has 10 rings (SSSR count). The van der Waals surface area contributed by atoms with Gasteiger partial charge in [0.05, 0.1) is 0 Å². The fourth-order valence-electron chi connectivity index (χ4n) is 7.91. The summed E-state index contributed by atoms with van der Waals surface area (Å²) in [5, 5.41) is 11.0. The Labute approximate surface area is 308 Å². The largest absolute Gasteiger partial charge is 0.456 e. The van der Waals surface area contributed by atoms with Gasteiger partial charge < -0.3 is 14.6 Å². The van der Waals surface area contributed by atoms with Gasteiger partial charge in [-0.2, -0.15) is 0 Å². The number of nitrogens with one attached hydrogen (secondary N) is 1. The van der Waals surface area contributed by atoms with Crippen molar-refractivity contribution < 1.29 is 4.42 Å². The monoisotopic (exact) mass is 680 g/mol. The van der Waals surface area contributed by atoms with Crippen LogP contribution in [-0.2, 0) is 0 Å². The molecule has 0 spiro atoms. The molecule has 1 aliphatic rings. The third-order valence-corrected chi connectivity index (χ3v) is 10.6. The summed E-state index contributed by atoms with van der Waals surface area (Å²) >= 11 is 0. The third kappa shape index (κ3) is 5.73. The molecule has 0 aliphatic heterocycles. The summed E-state index contributed by atoms with van der Waals surface area (Å²) < 4.78 is 6.44. The van der Waals surface area contributed by atoms with Crippen molar-refractivity contribution in [1.82, 2.24) is 0 Å². The molecule has 0 saturated heterocycles. The van der Waals surface area contributed by atoms with Crippen LogP contribution in [0, 0.1) is 0 Å². The van der Waals surface area contributed by atoms with Crippen molar-refractivity contribution in [3.63, 3.8) is 0 Å². The first-order chi connectivity index (χ1) is 26.2. The standard InChI is InChI=1S/C50H36N2O/c1-2-13-41(14-3-1)52(42-28-24-35(25-29-42)37-22-21-34-11-4-5-12-36(34)31-37)43-30-26-38-32-40(27-23-39(38)33-43)51-48-19-8-6-15-44(48)46-17-10-18-47-45-16-7-9-20-49(45)53-50(46)47/h1-14,16-33,44,51H,15H2. The average molecular weight is 681 g/mol. The molecule has 0 saturated carbocycles. The second kappa shape index (κ2) is 13.0. The highest BCUT2D eigenvalue weighted by atomic mass is 16.3. The lowest BCUT2D eigenvalue weighted by Gasteiger charge is -2.26. The molecule has 0 fully saturated rings. The van der Waals surface area contributed by atoms with Gasteiger partial charge in [-0.15, -0.1) is 0 Å². The predicted molar refractivity (Wildman–Crippen MR) is 223 cm³/mol. The lowest BCUT2D eigenvalue weighted by atomic mass is 9.88. The lowest BCUT2D eigenvalue weighted by Crippen LogP contribution is -2.12. The summed E-state index contributed by atoms with van der Waals surface area (Å²) in [6.45, 7) is 0. The Morgan fingerprint density at radius 3 is 2.09 bits per heavy atom. The van der Waals surface area contributed by atoms with E-state index in [4.69, 9.17) is 4.42 Å². The number of para-hydroxylation sites is 3. The van der Waals surface area contributed by atoms with Crippen LogP contribution in [0.2, 0.25) is 0 Å². The van der Waals surface area contributed by atoms with Crippen molar-refractivity contribution in [2.24, 2.45) is 0 Å². The molecule has 9 aromatic rings. The number of rotatable bonds is 7. The second-order valence-corrected chi connectivity index (χ2v) is 13.8. The summed E-state index contributed by atoms with van der Waals surface area (Å²) in [5.41, 5.74) is 11.1. The fourth-order valence-corrected chi connectivity index (χ4v) is 7.91. The molecule has 0 radical (unpaired) electrons. The zero-order valence-electron chi connectivity index (χ0n) is 29.1. The van der Waals surface area contributed by atoms with E-state index in [0.29, 0.717) is 0 Å². The van der Waals surface area contributed by atoms with E-state index in [9.17, 15) is 0 Å².